The lowest BCUT2D eigenvalue weighted by Gasteiger charge is -2.30. The molecule has 0 unspecified atom stereocenters. The van der Waals surface area contributed by atoms with Gasteiger partial charge >= 0.3 is 0 Å². The van der Waals surface area contributed by atoms with Gasteiger partial charge in [-0.15, -0.1) is 0 Å². The third-order valence-corrected chi connectivity index (χ3v) is 3.30. The number of nitrogens with one attached hydrogen (secondary N) is 1. The van der Waals surface area contributed by atoms with Crippen molar-refractivity contribution in [3.05, 3.63) is 29.8 Å². The Kier molecular flexibility index (Phi) is 5.63. The summed E-state index contributed by atoms with van der Waals surface area (Å²) < 4.78 is 5.37. The van der Waals surface area contributed by atoms with Crippen molar-refractivity contribution < 1.29 is 4.74 Å². The topological polar surface area (TPSA) is 24.5 Å². The van der Waals surface area contributed by atoms with Crippen LogP contribution in [0, 0.1) is 0 Å². The van der Waals surface area contributed by atoms with Crippen molar-refractivity contribution in [2.75, 3.05) is 34.3 Å². The minimum atomic E-state index is 0.148. The lowest BCUT2D eigenvalue weighted by molar-refractivity contribution is 0.246. The van der Waals surface area contributed by atoms with Crippen molar-refractivity contribution in [1.82, 2.24) is 10.2 Å². The number of para-hydroxylation sites is 1. The Morgan fingerprint density at radius 3 is 2.56 bits per heavy atom. The molecule has 0 aliphatic heterocycles. The van der Waals surface area contributed by atoms with Crippen molar-refractivity contribution in [1.29, 1.82) is 0 Å². The molecule has 0 aliphatic carbocycles. The number of hydrogen-bond acceptors (Lipinski definition) is 3. The molecule has 3 nitrogen and oxygen atoms in total. The van der Waals surface area contributed by atoms with E-state index in [2.05, 4.69) is 43.2 Å². The summed E-state index contributed by atoms with van der Waals surface area (Å²) in [7, 11) is 5.90. The lowest BCUT2D eigenvalue weighted by Crippen LogP contribution is -2.46. The molecule has 0 atom stereocenters. The molecule has 0 radical (unpaired) electrons. The highest BCUT2D eigenvalue weighted by Gasteiger charge is 2.17. The standard InChI is InChI=1S/C15H26N2O/c1-15(2,16-3)12-17(4)11-10-13-8-6-7-9-14(13)18-5/h6-9,16H,10-12H2,1-5H3. The average Bonchev–Trinajstić information content (AvgIpc) is 2.36. The van der Waals surface area contributed by atoms with Gasteiger partial charge in [-0.25, -0.2) is 0 Å². The summed E-state index contributed by atoms with van der Waals surface area (Å²) in [5.41, 5.74) is 1.42. The van der Waals surface area contributed by atoms with Crippen LogP contribution < -0.4 is 10.1 Å². The summed E-state index contributed by atoms with van der Waals surface area (Å²) in [5.74, 6) is 0.985. The van der Waals surface area contributed by atoms with Crippen LogP contribution in [0.15, 0.2) is 24.3 Å². The second-order valence-corrected chi connectivity index (χ2v) is 5.43. The molecule has 18 heavy (non-hydrogen) atoms. The summed E-state index contributed by atoms with van der Waals surface area (Å²) in [6.45, 7) is 6.49. The molecule has 0 saturated heterocycles. The van der Waals surface area contributed by atoms with Gasteiger partial charge in [0, 0.05) is 18.6 Å². The molecular weight excluding hydrogens is 224 g/mol. The normalized spacial score (nSPS) is 11.9. The number of rotatable bonds is 7. The van der Waals surface area contributed by atoms with Crippen molar-refractivity contribution in [3.8, 4) is 5.75 Å². The molecule has 0 aromatic heterocycles. The van der Waals surface area contributed by atoms with Gasteiger partial charge in [0.25, 0.3) is 0 Å². The Labute approximate surface area is 111 Å². The molecule has 3 heteroatoms. The quantitative estimate of drug-likeness (QED) is 0.802. The number of methoxy groups -OCH3 is 1. The summed E-state index contributed by atoms with van der Waals surface area (Å²) >= 11 is 0. The minimum absolute atomic E-state index is 0.148. The fraction of sp³-hybridized carbons (Fsp3) is 0.600. The molecule has 0 heterocycles. The van der Waals surface area contributed by atoms with Gasteiger partial charge in [-0.1, -0.05) is 18.2 Å². The first-order valence-electron chi connectivity index (χ1n) is 6.48. The van der Waals surface area contributed by atoms with Crippen LogP contribution in [0.5, 0.6) is 5.75 Å². The summed E-state index contributed by atoms with van der Waals surface area (Å²) in [4.78, 5) is 2.35. The summed E-state index contributed by atoms with van der Waals surface area (Å²) in [5, 5.41) is 3.33. The zero-order valence-electron chi connectivity index (χ0n) is 12.3. The van der Waals surface area contributed by atoms with E-state index in [4.69, 9.17) is 4.74 Å². The molecule has 1 aromatic rings. The van der Waals surface area contributed by atoms with E-state index >= 15 is 0 Å². The molecule has 0 bridgehead atoms. The maximum Gasteiger partial charge on any atom is 0.122 e. The van der Waals surface area contributed by atoms with Gasteiger partial charge in [-0.2, -0.15) is 0 Å². The largest absolute Gasteiger partial charge is 0.496 e. The Balaban J connectivity index is 2.50. The van der Waals surface area contributed by atoms with Crippen LogP contribution >= 0.6 is 0 Å². The Bertz CT molecular complexity index is 363. The fourth-order valence-electron chi connectivity index (χ4n) is 2.05. The first kappa shape index (κ1) is 15.0. The molecule has 0 saturated carbocycles. The summed E-state index contributed by atoms with van der Waals surface area (Å²) in [6.07, 6.45) is 1.01. The van der Waals surface area contributed by atoms with Gasteiger partial charge in [-0.05, 0) is 46.0 Å². The zero-order valence-corrected chi connectivity index (χ0v) is 12.3. The minimum Gasteiger partial charge on any atom is -0.496 e. The van der Waals surface area contributed by atoms with E-state index in [-0.39, 0.29) is 5.54 Å². The predicted molar refractivity (Wildman–Crippen MR) is 77.3 cm³/mol. The highest BCUT2D eigenvalue weighted by atomic mass is 16.5. The molecule has 102 valence electrons. The van der Waals surface area contributed by atoms with Crippen molar-refractivity contribution in [3.63, 3.8) is 0 Å². The van der Waals surface area contributed by atoms with Crippen LogP contribution in [0.2, 0.25) is 0 Å². The second-order valence-electron chi connectivity index (χ2n) is 5.43. The van der Waals surface area contributed by atoms with Crippen molar-refractivity contribution in [2.45, 2.75) is 25.8 Å². The Hall–Kier alpha value is -1.06. The monoisotopic (exact) mass is 250 g/mol. The van der Waals surface area contributed by atoms with Gasteiger partial charge in [-0.3, -0.25) is 0 Å². The second kappa shape index (κ2) is 6.76. The number of nitrogens with zero attached hydrogens (tertiary/aromatic N) is 1. The third-order valence-electron chi connectivity index (χ3n) is 3.30. The van der Waals surface area contributed by atoms with E-state index in [1.54, 1.807) is 7.11 Å². The highest BCUT2D eigenvalue weighted by molar-refractivity contribution is 5.33. The number of likely N-dealkylation sites (N-methyl/N-ethyl adjacent to an activating group) is 2. The van der Waals surface area contributed by atoms with E-state index in [1.807, 2.05) is 19.2 Å². The number of ether oxygens (including phenoxy) is 1. The molecule has 1 N–H and O–H groups in total. The van der Waals surface area contributed by atoms with Gasteiger partial charge in [0.05, 0.1) is 7.11 Å². The number of benzene rings is 1. The number of hydrogen-bond donors (Lipinski definition) is 1. The maximum absolute atomic E-state index is 5.37. The molecule has 1 rings (SSSR count). The zero-order chi connectivity index (χ0) is 13.6. The van der Waals surface area contributed by atoms with Gasteiger partial charge in [0.15, 0.2) is 0 Å². The molecular formula is C15H26N2O. The molecule has 0 aliphatic rings. The predicted octanol–water partition coefficient (Wildman–Crippen LogP) is 2.17. The van der Waals surface area contributed by atoms with Crippen LogP contribution in [0.25, 0.3) is 0 Å². The van der Waals surface area contributed by atoms with Crippen LogP contribution in [-0.2, 0) is 6.42 Å². The van der Waals surface area contributed by atoms with Crippen LogP contribution in [-0.4, -0.2) is 44.7 Å². The molecule has 1 aromatic carbocycles. The highest BCUT2D eigenvalue weighted by Crippen LogP contribution is 2.18. The van der Waals surface area contributed by atoms with Gasteiger partial charge in [0.2, 0.25) is 0 Å². The molecule has 0 amide bonds. The Morgan fingerprint density at radius 1 is 1.28 bits per heavy atom. The van der Waals surface area contributed by atoms with E-state index in [1.165, 1.54) is 5.56 Å². The maximum atomic E-state index is 5.37. The van der Waals surface area contributed by atoms with E-state index < -0.39 is 0 Å². The van der Waals surface area contributed by atoms with Crippen molar-refractivity contribution in [2.24, 2.45) is 0 Å². The van der Waals surface area contributed by atoms with Crippen LogP contribution in [0.3, 0.4) is 0 Å². The van der Waals surface area contributed by atoms with Crippen molar-refractivity contribution >= 4 is 0 Å². The van der Waals surface area contributed by atoms with E-state index in [9.17, 15) is 0 Å². The van der Waals surface area contributed by atoms with Crippen LogP contribution in [0.4, 0.5) is 0 Å². The van der Waals surface area contributed by atoms with E-state index in [0.717, 1.165) is 25.3 Å². The SMILES string of the molecule is CNC(C)(C)CN(C)CCc1ccccc1OC. The van der Waals surface area contributed by atoms with Gasteiger partial charge in [0.1, 0.15) is 5.75 Å². The average molecular weight is 250 g/mol. The van der Waals surface area contributed by atoms with Gasteiger partial charge < -0.3 is 15.0 Å². The lowest BCUT2D eigenvalue weighted by atomic mass is 10.1. The van der Waals surface area contributed by atoms with E-state index in [0.29, 0.717) is 0 Å². The molecule has 0 fully saturated rings. The smallest absolute Gasteiger partial charge is 0.122 e. The fourth-order valence-corrected chi connectivity index (χ4v) is 2.05. The molecule has 0 spiro atoms. The first-order chi connectivity index (χ1) is 8.48. The first-order valence-corrected chi connectivity index (χ1v) is 6.48. The summed E-state index contributed by atoms with van der Waals surface area (Å²) in [6, 6.07) is 8.23. The Morgan fingerprint density at radius 2 is 1.94 bits per heavy atom. The third kappa shape index (κ3) is 4.67. The van der Waals surface area contributed by atoms with Crippen LogP contribution in [0.1, 0.15) is 19.4 Å².